The Morgan fingerprint density at radius 1 is 1.38 bits per heavy atom. The van der Waals surface area contributed by atoms with Crippen molar-refractivity contribution in [2.24, 2.45) is 0 Å². The number of hydrogen-bond donors (Lipinski definition) is 1. The van der Waals surface area contributed by atoms with E-state index in [-0.39, 0.29) is 16.6 Å². The molecule has 0 spiro atoms. The van der Waals surface area contributed by atoms with Gasteiger partial charge in [0, 0.05) is 24.2 Å². The molecule has 0 radical (unpaired) electrons. The molecule has 0 saturated carbocycles. The second kappa shape index (κ2) is 6.52. The molecule has 1 heterocycles. The van der Waals surface area contributed by atoms with Crippen molar-refractivity contribution in [1.29, 1.82) is 0 Å². The second-order valence-electron chi connectivity index (χ2n) is 5.21. The number of nitrogens with zero attached hydrogens (tertiary/aromatic N) is 2. The van der Waals surface area contributed by atoms with E-state index in [0.29, 0.717) is 18.1 Å². The molecule has 0 aromatic heterocycles. The maximum Gasteiger partial charge on any atom is 0.245 e. The Morgan fingerprint density at radius 2 is 2.05 bits per heavy atom. The summed E-state index contributed by atoms with van der Waals surface area (Å²) in [6.45, 7) is 7.07. The summed E-state index contributed by atoms with van der Waals surface area (Å²) in [6.07, 6.45) is 0.849. The zero-order valence-electron chi connectivity index (χ0n) is 12.4. The van der Waals surface area contributed by atoms with Crippen LogP contribution in [-0.4, -0.2) is 49.8 Å². The number of hydrogen-bond acceptors (Lipinski definition) is 4. The minimum Gasteiger partial charge on any atom is -0.398 e. The van der Waals surface area contributed by atoms with Crippen molar-refractivity contribution in [3.05, 3.63) is 23.2 Å². The summed E-state index contributed by atoms with van der Waals surface area (Å²) in [4.78, 5) is 2.40. The van der Waals surface area contributed by atoms with E-state index in [0.717, 1.165) is 19.5 Å². The number of benzene rings is 1. The first-order chi connectivity index (χ1) is 9.90. The van der Waals surface area contributed by atoms with Crippen LogP contribution in [0.4, 0.5) is 5.69 Å². The normalized spacial score (nSPS) is 20.3. The summed E-state index contributed by atoms with van der Waals surface area (Å²) in [5.74, 6) is 0. The fourth-order valence-electron chi connectivity index (χ4n) is 2.84. The summed E-state index contributed by atoms with van der Waals surface area (Å²) in [6, 6.07) is 4.83. The Hall–Kier alpha value is -0.820. The van der Waals surface area contributed by atoms with E-state index in [2.05, 4.69) is 18.7 Å². The van der Waals surface area contributed by atoms with E-state index >= 15 is 0 Å². The summed E-state index contributed by atoms with van der Waals surface area (Å²) in [5, 5.41) is 0.377. The van der Waals surface area contributed by atoms with Gasteiger partial charge in [-0.25, -0.2) is 8.42 Å². The molecule has 0 aliphatic carbocycles. The minimum atomic E-state index is -3.58. The third-order valence-corrected chi connectivity index (χ3v) is 6.20. The first-order valence-corrected chi connectivity index (χ1v) is 9.01. The summed E-state index contributed by atoms with van der Waals surface area (Å²) >= 11 is 5.91. The van der Waals surface area contributed by atoms with Crippen LogP contribution in [0.5, 0.6) is 0 Å². The predicted octanol–water partition coefficient (Wildman–Crippen LogP) is 2.03. The number of nitrogens with two attached hydrogens (primary N) is 1. The maximum atomic E-state index is 12.7. The van der Waals surface area contributed by atoms with Crippen molar-refractivity contribution < 1.29 is 8.42 Å². The molecular weight excluding hydrogens is 310 g/mol. The van der Waals surface area contributed by atoms with Crippen molar-refractivity contribution >= 4 is 27.3 Å². The van der Waals surface area contributed by atoms with Crippen LogP contribution in [-0.2, 0) is 10.0 Å². The third-order valence-electron chi connectivity index (χ3n) is 4.05. The van der Waals surface area contributed by atoms with Gasteiger partial charge in [-0.3, -0.25) is 4.90 Å². The van der Waals surface area contributed by atoms with E-state index in [1.54, 1.807) is 6.07 Å². The van der Waals surface area contributed by atoms with Crippen LogP contribution >= 0.6 is 11.6 Å². The molecular formula is C14H22ClN3O2S. The molecule has 1 aromatic rings. The largest absolute Gasteiger partial charge is 0.398 e. The SMILES string of the molecule is CCN(CC)C1CCN(S(=O)(=O)c2cc(Cl)ccc2N)C1. The van der Waals surface area contributed by atoms with E-state index in [1.807, 2.05) is 0 Å². The fourth-order valence-corrected chi connectivity index (χ4v) is 4.71. The standard InChI is InChI=1S/C14H22ClN3O2S/c1-3-17(4-2)12-7-8-18(10-12)21(19,20)14-9-11(15)5-6-13(14)16/h5-6,9,12H,3-4,7-8,10,16H2,1-2H3. The van der Waals surface area contributed by atoms with Gasteiger partial charge in [0.25, 0.3) is 0 Å². The first-order valence-electron chi connectivity index (χ1n) is 7.19. The number of likely N-dealkylation sites (N-methyl/N-ethyl adjacent to an activating group) is 1. The minimum absolute atomic E-state index is 0.107. The van der Waals surface area contributed by atoms with Crippen molar-refractivity contribution in [3.63, 3.8) is 0 Å². The molecule has 118 valence electrons. The average molecular weight is 332 g/mol. The van der Waals surface area contributed by atoms with E-state index < -0.39 is 10.0 Å². The summed E-state index contributed by atoms with van der Waals surface area (Å²) in [7, 11) is -3.58. The molecule has 7 heteroatoms. The molecule has 0 bridgehead atoms. The lowest BCUT2D eigenvalue weighted by Crippen LogP contribution is -2.38. The third kappa shape index (κ3) is 3.34. The van der Waals surface area contributed by atoms with Crippen LogP contribution in [0.1, 0.15) is 20.3 Å². The number of nitrogen functional groups attached to an aromatic ring is 1. The smallest absolute Gasteiger partial charge is 0.245 e. The van der Waals surface area contributed by atoms with Crippen molar-refractivity contribution in [3.8, 4) is 0 Å². The van der Waals surface area contributed by atoms with Gasteiger partial charge in [-0.2, -0.15) is 4.31 Å². The quantitative estimate of drug-likeness (QED) is 0.838. The number of sulfonamides is 1. The highest BCUT2D eigenvalue weighted by Crippen LogP contribution is 2.29. The molecule has 1 fully saturated rings. The highest BCUT2D eigenvalue weighted by atomic mass is 35.5. The molecule has 1 atom stereocenters. The van der Waals surface area contributed by atoms with Crippen molar-refractivity contribution in [2.75, 3.05) is 31.9 Å². The average Bonchev–Trinajstić information content (AvgIpc) is 2.93. The van der Waals surface area contributed by atoms with Gasteiger partial charge in [0.1, 0.15) is 4.90 Å². The van der Waals surface area contributed by atoms with E-state index in [1.165, 1.54) is 16.4 Å². The lowest BCUT2D eigenvalue weighted by atomic mass is 10.2. The van der Waals surface area contributed by atoms with Gasteiger partial charge in [-0.1, -0.05) is 25.4 Å². The molecule has 21 heavy (non-hydrogen) atoms. The van der Waals surface area contributed by atoms with Gasteiger partial charge in [-0.05, 0) is 37.7 Å². The van der Waals surface area contributed by atoms with E-state index in [4.69, 9.17) is 17.3 Å². The second-order valence-corrected chi connectivity index (χ2v) is 7.55. The topological polar surface area (TPSA) is 66.6 Å². The first kappa shape index (κ1) is 16.5. The lowest BCUT2D eigenvalue weighted by molar-refractivity contribution is 0.224. The Bertz CT molecular complexity index is 602. The number of rotatable bonds is 5. The highest BCUT2D eigenvalue weighted by Gasteiger charge is 2.35. The van der Waals surface area contributed by atoms with Crippen LogP contribution in [0.3, 0.4) is 0 Å². The van der Waals surface area contributed by atoms with Crippen LogP contribution in [0.15, 0.2) is 23.1 Å². The monoisotopic (exact) mass is 331 g/mol. The predicted molar refractivity (Wildman–Crippen MR) is 85.9 cm³/mol. The Morgan fingerprint density at radius 3 is 2.67 bits per heavy atom. The van der Waals surface area contributed by atoms with Crippen LogP contribution < -0.4 is 5.73 Å². The maximum absolute atomic E-state index is 12.7. The Labute approximate surface area is 131 Å². The van der Waals surface area contributed by atoms with Crippen LogP contribution in [0.2, 0.25) is 5.02 Å². The molecule has 1 unspecified atom stereocenters. The van der Waals surface area contributed by atoms with Gasteiger partial charge in [-0.15, -0.1) is 0 Å². The summed E-state index contributed by atoms with van der Waals surface area (Å²) in [5.41, 5.74) is 6.06. The van der Waals surface area contributed by atoms with Gasteiger partial charge < -0.3 is 5.73 Å². The van der Waals surface area contributed by atoms with Crippen LogP contribution in [0, 0.1) is 0 Å². The van der Waals surface area contributed by atoms with E-state index in [9.17, 15) is 8.42 Å². The zero-order chi connectivity index (χ0) is 15.6. The molecule has 2 N–H and O–H groups in total. The molecule has 1 saturated heterocycles. The van der Waals surface area contributed by atoms with Gasteiger partial charge >= 0.3 is 0 Å². The van der Waals surface area contributed by atoms with Crippen LogP contribution in [0.25, 0.3) is 0 Å². The van der Waals surface area contributed by atoms with Gasteiger partial charge in [0.2, 0.25) is 10.0 Å². The lowest BCUT2D eigenvalue weighted by Gasteiger charge is -2.26. The molecule has 0 amide bonds. The Kier molecular flexibility index (Phi) is 5.14. The van der Waals surface area contributed by atoms with Gasteiger partial charge in [0.05, 0.1) is 5.69 Å². The van der Waals surface area contributed by atoms with Crippen molar-refractivity contribution in [1.82, 2.24) is 9.21 Å². The molecule has 5 nitrogen and oxygen atoms in total. The van der Waals surface area contributed by atoms with Crippen molar-refractivity contribution in [2.45, 2.75) is 31.2 Å². The highest BCUT2D eigenvalue weighted by molar-refractivity contribution is 7.89. The molecule has 1 aliphatic heterocycles. The number of anilines is 1. The number of halogens is 1. The van der Waals surface area contributed by atoms with Gasteiger partial charge in [0.15, 0.2) is 0 Å². The molecule has 1 aliphatic rings. The molecule has 1 aromatic carbocycles. The molecule has 2 rings (SSSR count). The fraction of sp³-hybridized carbons (Fsp3) is 0.571. The summed E-state index contributed by atoms with van der Waals surface area (Å²) < 4.78 is 27.0. The Balaban J connectivity index is 2.24. The zero-order valence-corrected chi connectivity index (χ0v) is 14.0.